The summed E-state index contributed by atoms with van der Waals surface area (Å²) in [5, 5.41) is 3.85. The third-order valence-electron chi connectivity index (χ3n) is 3.98. The van der Waals surface area contributed by atoms with Crippen molar-refractivity contribution in [3.63, 3.8) is 0 Å². The van der Waals surface area contributed by atoms with E-state index in [1.54, 1.807) is 31.2 Å². The van der Waals surface area contributed by atoms with E-state index < -0.39 is 10.0 Å². The number of hydrogen-bond donors (Lipinski definition) is 1. The van der Waals surface area contributed by atoms with E-state index in [0.29, 0.717) is 22.6 Å². The number of aromatic nitrogens is 1. The maximum Gasteiger partial charge on any atom is 0.262 e. The molecule has 6 heteroatoms. The molecule has 0 atom stereocenters. The van der Waals surface area contributed by atoms with Crippen LogP contribution in [-0.4, -0.2) is 13.6 Å². The van der Waals surface area contributed by atoms with Crippen LogP contribution < -0.4 is 4.72 Å². The molecule has 3 rings (SSSR count). The van der Waals surface area contributed by atoms with E-state index in [9.17, 15) is 8.42 Å². The third-order valence-corrected chi connectivity index (χ3v) is 5.50. The highest BCUT2D eigenvalue weighted by Gasteiger charge is 2.19. The summed E-state index contributed by atoms with van der Waals surface area (Å²) >= 11 is 0. The summed E-state index contributed by atoms with van der Waals surface area (Å²) in [6.45, 7) is 5.62. The Morgan fingerprint density at radius 3 is 2.56 bits per heavy atom. The van der Waals surface area contributed by atoms with Crippen molar-refractivity contribution in [3.05, 3.63) is 65.4 Å². The number of benzene rings is 2. The largest absolute Gasteiger partial charge is 0.356 e. The molecule has 25 heavy (non-hydrogen) atoms. The molecule has 0 saturated heterocycles. The van der Waals surface area contributed by atoms with Gasteiger partial charge in [0.15, 0.2) is 5.76 Å². The molecule has 130 valence electrons. The fraction of sp³-hybridized carbons (Fsp3) is 0.211. The van der Waals surface area contributed by atoms with Crippen LogP contribution in [0.5, 0.6) is 0 Å². The van der Waals surface area contributed by atoms with Crippen LogP contribution in [0.15, 0.2) is 57.9 Å². The van der Waals surface area contributed by atoms with Crippen molar-refractivity contribution in [1.29, 1.82) is 0 Å². The number of hydrogen-bond acceptors (Lipinski definition) is 4. The zero-order chi connectivity index (χ0) is 18.0. The van der Waals surface area contributed by atoms with Gasteiger partial charge < -0.3 is 4.52 Å². The maximum atomic E-state index is 12.9. The van der Waals surface area contributed by atoms with E-state index >= 15 is 0 Å². The summed E-state index contributed by atoms with van der Waals surface area (Å²) in [6, 6.07) is 14.4. The Hall–Kier alpha value is -2.60. The van der Waals surface area contributed by atoms with Crippen LogP contribution in [0, 0.1) is 13.8 Å². The van der Waals surface area contributed by atoms with Gasteiger partial charge in [-0.05, 0) is 49.6 Å². The number of nitrogens with zero attached hydrogens (tertiary/aromatic N) is 1. The van der Waals surface area contributed by atoms with Gasteiger partial charge in [-0.25, -0.2) is 8.42 Å². The van der Waals surface area contributed by atoms with E-state index in [1.807, 2.05) is 38.1 Å². The Morgan fingerprint density at radius 2 is 1.88 bits per heavy atom. The van der Waals surface area contributed by atoms with E-state index in [2.05, 4.69) is 9.88 Å². The van der Waals surface area contributed by atoms with Crippen molar-refractivity contribution >= 4 is 15.7 Å². The summed E-state index contributed by atoms with van der Waals surface area (Å²) in [6.07, 6.45) is 0.842. The maximum absolute atomic E-state index is 12.9. The molecule has 0 amide bonds. The number of aryl methyl sites for hydroxylation is 3. The molecule has 0 aliphatic carbocycles. The highest BCUT2D eigenvalue weighted by molar-refractivity contribution is 7.92. The molecule has 3 aromatic rings. The van der Waals surface area contributed by atoms with E-state index in [4.69, 9.17) is 4.52 Å². The van der Waals surface area contributed by atoms with Gasteiger partial charge in [-0.2, -0.15) is 0 Å². The SMILES string of the molecule is CCc1cccc(NS(=O)(=O)c2cc(-c3cc(C)no3)ccc2C)c1. The van der Waals surface area contributed by atoms with Crippen LogP contribution in [0.25, 0.3) is 11.3 Å². The number of nitrogens with one attached hydrogen (secondary N) is 1. The Bertz CT molecular complexity index is 1010. The minimum Gasteiger partial charge on any atom is -0.356 e. The van der Waals surface area contributed by atoms with Crippen LogP contribution in [0.1, 0.15) is 23.7 Å². The molecule has 1 N–H and O–H groups in total. The van der Waals surface area contributed by atoms with Gasteiger partial charge in [-0.15, -0.1) is 0 Å². The van der Waals surface area contributed by atoms with Gasteiger partial charge in [0.1, 0.15) is 0 Å². The summed E-state index contributed by atoms with van der Waals surface area (Å²) in [7, 11) is -3.70. The molecule has 0 unspecified atom stereocenters. The molecule has 1 heterocycles. The van der Waals surface area contributed by atoms with Gasteiger partial charge >= 0.3 is 0 Å². The lowest BCUT2D eigenvalue weighted by Crippen LogP contribution is -2.14. The van der Waals surface area contributed by atoms with Crippen LogP contribution in [-0.2, 0) is 16.4 Å². The molecule has 0 bridgehead atoms. The summed E-state index contributed by atoms with van der Waals surface area (Å²) < 4.78 is 33.6. The Morgan fingerprint density at radius 1 is 1.08 bits per heavy atom. The molecule has 0 fully saturated rings. The van der Waals surface area contributed by atoms with E-state index in [1.165, 1.54) is 0 Å². The molecule has 0 radical (unpaired) electrons. The normalized spacial score (nSPS) is 11.5. The number of anilines is 1. The lowest BCUT2D eigenvalue weighted by molar-refractivity contribution is 0.427. The van der Waals surface area contributed by atoms with Crippen molar-refractivity contribution in [1.82, 2.24) is 5.16 Å². The first-order valence-electron chi connectivity index (χ1n) is 8.05. The van der Waals surface area contributed by atoms with Crippen molar-refractivity contribution in [3.8, 4) is 11.3 Å². The van der Waals surface area contributed by atoms with Gasteiger partial charge in [-0.3, -0.25) is 4.72 Å². The fourth-order valence-electron chi connectivity index (χ4n) is 2.61. The minimum absolute atomic E-state index is 0.223. The van der Waals surface area contributed by atoms with Crippen LogP contribution in [0.4, 0.5) is 5.69 Å². The molecule has 0 aliphatic rings. The van der Waals surface area contributed by atoms with E-state index in [-0.39, 0.29) is 4.90 Å². The molecule has 0 spiro atoms. The van der Waals surface area contributed by atoms with Gasteiger partial charge in [-0.1, -0.05) is 36.3 Å². The molecule has 1 aromatic heterocycles. The molecule has 0 aliphatic heterocycles. The first-order chi connectivity index (χ1) is 11.9. The van der Waals surface area contributed by atoms with Crippen molar-refractivity contribution < 1.29 is 12.9 Å². The molecular formula is C19H20N2O3S. The number of rotatable bonds is 5. The Kier molecular flexibility index (Phi) is 4.63. The standard InChI is InChI=1S/C19H20N2O3S/c1-4-15-6-5-7-17(11-15)21-25(22,23)19-12-16(9-8-13(19)2)18-10-14(3)20-24-18/h5-12,21H,4H2,1-3H3. The van der Waals surface area contributed by atoms with Gasteiger partial charge in [0.05, 0.1) is 10.6 Å². The van der Waals surface area contributed by atoms with Crippen LogP contribution in [0.2, 0.25) is 0 Å². The quantitative estimate of drug-likeness (QED) is 0.739. The monoisotopic (exact) mass is 356 g/mol. The Labute approximate surface area is 147 Å². The fourth-order valence-corrected chi connectivity index (χ4v) is 3.93. The lowest BCUT2D eigenvalue weighted by atomic mass is 10.1. The minimum atomic E-state index is -3.70. The topological polar surface area (TPSA) is 72.2 Å². The molecular weight excluding hydrogens is 336 g/mol. The second kappa shape index (κ2) is 6.72. The second-order valence-corrected chi connectivity index (χ2v) is 7.62. The molecule has 0 saturated carbocycles. The highest BCUT2D eigenvalue weighted by Crippen LogP contribution is 2.27. The Balaban J connectivity index is 1.98. The summed E-state index contributed by atoms with van der Waals surface area (Å²) in [5.41, 5.74) is 3.71. The van der Waals surface area contributed by atoms with Gasteiger partial charge in [0, 0.05) is 17.3 Å². The van der Waals surface area contributed by atoms with Crippen molar-refractivity contribution in [2.45, 2.75) is 32.1 Å². The average Bonchev–Trinajstić information content (AvgIpc) is 3.01. The zero-order valence-electron chi connectivity index (χ0n) is 14.4. The highest BCUT2D eigenvalue weighted by atomic mass is 32.2. The second-order valence-electron chi connectivity index (χ2n) is 5.97. The lowest BCUT2D eigenvalue weighted by Gasteiger charge is -2.12. The van der Waals surface area contributed by atoms with E-state index in [0.717, 1.165) is 17.7 Å². The van der Waals surface area contributed by atoms with Crippen molar-refractivity contribution in [2.75, 3.05) is 4.72 Å². The third kappa shape index (κ3) is 3.74. The molecule has 5 nitrogen and oxygen atoms in total. The summed E-state index contributed by atoms with van der Waals surface area (Å²) in [4.78, 5) is 0.223. The van der Waals surface area contributed by atoms with Gasteiger partial charge in [0.2, 0.25) is 0 Å². The summed E-state index contributed by atoms with van der Waals surface area (Å²) in [5.74, 6) is 0.543. The zero-order valence-corrected chi connectivity index (χ0v) is 15.2. The predicted octanol–water partition coefficient (Wildman–Crippen LogP) is 4.32. The smallest absolute Gasteiger partial charge is 0.262 e. The van der Waals surface area contributed by atoms with Crippen LogP contribution >= 0.6 is 0 Å². The first-order valence-corrected chi connectivity index (χ1v) is 9.53. The first kappa shape index (κ1) is 17.2. The number of sulfonamides is 1. The van der Waals surface area contributed by atoms with Crippen LogP contribution in [0.3, 0.4) is 0 Å². The average molecular weight is 356 g/mol. The van der Waals surface area contributed by atoms with Crippen molar-refractivity contribution in [2.24, 2.45) is 0 Å². The predicted molar refractivity (Wildman–Crippen MR) is 98.0 cm³/mol. The molecule has 2 aromatic carbocycles. The van der Waals surface area contributed by atoms with Gasteiger partial charge in [0.25, 0.3) is 10.0 Å².